The minimum absolute atomic E-state index is 0.0324. The molecule has 2 aromatic carbocycles. The summed E-state index contributed by atoms with van der Waals surface area (Å²) >= 11 is 5.88. The molecule has 3 aromatic rings. The lowest BCUT2D eigenvalue weighted by Crippen LogP contribution is -2.23. The van der Waals surface area contributed by atoms with Crippen LogP contribution in [0.4, 0.5) is 0 Å². The van der Waals surface area contributed by atoms with Crippen molar-refractivity contribution < 1.29 is 9.53 Å². The van der Waals surface area contributed by atoms with E-state index in [1.54, 1.807) is 0 Å². The molecule has 0 spiro atoms. The Kier molecular flexibility index (Phi) is 6.71. The van der Waals surface area contributed by atoms with Gasteiger partial charge in [0.1, 0.15) is 11.6 Å². The van der Waals surface area contributed by atoms with Crippen molar-refractivity contribution in [1.29, 1.82) is 0 Å². The van der Waals surface area contributed by atoms with E-state index in [1.807, 2.05) is 49.4 Å². The van der Waals surface area contributed by atoms with Gasteiger partial charge in [0, 0.05) is 18.0 Å². The summed E-state index contributed by atoms with van der Waals surface area (Å²) in [5.74, 6) is 1.75. The number of ether oxygens (including phenoxy) is 1. The molecule has 0 radical (unpaired) electrons. The van der Waals surface area contributed by atoms with E-state index in [0.29, 0.717) is 24.6 Å². The number of halogens is 1. The normalized spacial score (nSPS) is 10.9. The number of hydrogen-bond donors (Lipinski definition) is 1. The monoisotopic (exact) mass is 385 g/mol. The minimum atomic E-state index is 0.0324. The van der Waals surface area contributed by atoms with E-state index < -0.39 is 0 Å². The smallest absolute Gasteiger partial charge is 0.220 e. The SMILES string of the molecule is CCC(=O)NCc1nc2ccccc2n1CCCCOc1ccc(Cl)cc1. The number of aryl methyl sites for hydroxylation is 1. The number of para-hydroxylation sites is 2. The molecule has 1 amide bonds. The van der Waals surface area contributed by atoms with Gasteiger partial charge < -0.3 is 14.6 Å². The van der Waals surface area contributed by atoms with Crippen molar-refractivity contribution in [2.45, 2.75) is 39.3 Å². The molecule has 3 rings (SSSR count). The van der Waals surface area contributed by atoms with Gasteiger partial charge in [-0.05, 0) is 49.2 Å². The Hall–Kier alpha value is -2.53. The number of hydrogen-bond acceptors (Lipinski definition) is 3. The van der Waals surface area contributed by atoms with Crippen LogP contribution in [0.3, 0.4) is 0 Å². The maximum atomic E-state index is 11.6. The maximum Gasteiger partial charge on any atom is 0.220 e. The van der Waals surface area contributed by atoms with Crippen LogP contribution >= 0.6 is 11.6 Å². The van der Waals surface area contributed by atoms with E-state index in [9.17, 15) is 4.79 Å². The second kappa shape index (κ2) is 9.42. The van der Waals surface area contributed by atoms with Gasteiger partial charge >= 0.3 is 0 Å². The molecule has 0 saturated heterocycles. The molecule has 1 aromatic heterocycles. The average Bonchev–Trinajstić information content (AvgIpc) is 3.05. The quantitative estimate of drug-likeness (QED) is 0.549. The van der Waals surface area contributed by atoms with Gasteiger partial charge in [0.2, 0.25) is 5.91 Å². The van der Waals surface area contributed by atoms with E-state index in [2.05, 4.69) is 20.9 Å². The molecule has 142 valence electrons. The highest BCUT2D eigenvalue weighted by Crippen LogP contribution is 2.18. The number of rotatable bonds is 9. The number of aromatic nitrogens is 2. The summed E-state index contributed by atoms with van der Waals surface area (Å²) in [6.45, 7) is 3.78. The second-order valence-electron chi connectivity index (χ2n) is 6.31. The molecule has 0 aliphatic rings. The van der Waals surface area contributed by atoms with E-state index >= 15 is 0 Å². The number of imidazole rings is 1. The highest BCUT2D eigenvalue weighted by molar-refractivity contribution is 6.30. The Morgan fingerprint density at radius 2 is 1.93 bits per heavy atom. The van der Waals surface area contributed by atoms with Crippen molar-refractivity contribution >= 4 is 28.5 Å². The first-order valence-electron chi connectivity index (χ1n) is 9.26. The average molecular weight is 386 g/mol. The minimum Gasteiger partial charge on any atom is -0.494 e. The van der Waals surface area contributed by atoms with Crippen LogP contribution in [0.25, 0.3) is 11.0 Å². The summed E-state index contributed by atoms with van der Waals surface area (Å²) in [6, 6.07) is 15.5. The third-order valence-electron chi connectivity index (χ3n) is 4.36. The molecule has 0 bridgehead atoms. The van der Waals surface area contributed by atoms with Crippen LogP contribution < -0.4 is 10.1 Å². The maximum absolute atomic E-state index is 11.6. The Morgan fingerprint density at radius 1 is 1.15 bits per heavy atom. The van der Waals surface area contributed by atoms with E-state index in [4.69, 9.17) is 16.3 Å². The van der Waals surface area contributed by atoms with Crippen molar-refractivity contribution in [2.24, 2.45) is 0 Å². The van der Waals surface area contributed by atoms with E-state index in [1.165, 1.54) is 0 Å². The van der Waals surface area contributed by atoms with Gasteiger partial charge in [-0.25, -0.2) is 4.98 Å². The van der Waals surface area contributed by atoms with Gasteiger partial charge in [-0.2, -0.15) is 0 Å². The summed E-state index contributed by atoms with van der Waals surface area (Å²) < 4.78 is 7.94. The molecule has 0 atom stereocenters. The predicted molar refractivity (Wildman–Crippen MR) is 108 cm³/mol. The van der Waals surface area contributed by atoms with Gasteiger partial charge in [0.05, 0.1) is 24.2 Å². The topological polar surface area (TPSA) is 56.2 Å². The number of amides is 1. The third kappa shape index (κ3) is 5.23. The zero-order chi connectivity index (χ0) is 19.1. The van der Waals surface area contributed by atoms with Crippen molar-refractivity contribution in [1.82, 2.24) is 14.9 Å². The van der Waals surface area contributed by atoms with Crippen molar-refractivity contribution in [2.75, 3.05) is 6.61 Å². The number of carbonyl (C=O) groups is 1. The Labute approximate surface area is 164 Å². The summed E-state index contributed by atoms with van der Waals surface area (Å²) in [7, 11) is 0. The lowest BCUT2D eigenvalue weighted by Gasteiger charge is -2.11. The van der Waals surface area contributed by atoms with Crippen molar-refractivity contribution in [3.8, 4) is 5.75 Å². The van der Waals surface area contributed by atoms with Gasteiger partial charge in [0.25, 0.3) is 0 Å². The fraction of sp³-hybridized carbons (Fsp3) is 0.333. The van der Waals surface area contributed by atoms with E-state index in [0.717, 1.165) is 42.0 Å². The number of nitrogens with one attached hydrogen (secondary N) is 1. The van der Waals surface area contributed by atoms with Crippen LogP contribution in [0, 0.1) is 0 Å². The second-order valence-corrected chi connectivity index (χ2v) is 6.74. The first-order chi connectivity index (χ1) is 13.2. The molecule has 5 nitrogen and oxygen atoms in total. The van der Waals surface area contributed by atoms with E-state index in [-0.39, 0.29) is 5.91 Å². The first-order valence-corrected chi connectivity index (χ1v) is 9.64. The summed E-state index contributed by atoms with van der Waals surface area (Å²) in [5.41, 5.74) is 2.05. The number of benzene rings is 2. The molecular formula is C21H24ClN3O2. The van der Waals surface area contributed by atoms with Gasteiger partial charge in [-0.3, -0.25) is 4.79 Å². The van der Waals surface area contributed by atoms with Crippen LogP contribution in [-0.4, -0.2) is 22.1 Å². The van der Waals surface area contributed by atoms with Gasteiger partial charge in [-0.1, -0.05) is 30.7 Å². The largest absolute Gasteiger partial charge is 0.494 e. The number of carbonyl (C=O) groups excluding carboxylic acids is 1. The lowest BCUT2D eigenvalue weighted by molar-refractivity contribution is -0.120. The Balaban J connectivity index is 1.57. The van der Waals surface area contributed by atoms with Crippen LogP contribution in [0.1, 0.15) is 32.0 Å². The van der Waals surface area contributed by atoms with Crippen LogP contribution in [0.5, 0.6) is 5.75 Å². The highest BCUT2D eigenvalue weighted by Gasteiger charge is 2.11. The van der Waals surface area contributed by atoms with Crippen LogP contribution in [0.2, 0.25) is 5.02 Å². The first kappa shape index (κ1) is 19.2. The third-order valence-corrected chi connectivity index (χ3v) is 4.61. The molecule has 0 saturated carbocycles. The van der Waals surface area contributed by atoms with Gasteiger partial charge in [0.15, 0.2) is 0 Å². The molecule has 0 aliphatic carbocycles. The standard InChI is InChI=1S/C21H24ClN3O2/c1-2-21(26)23-15-20-24-18-7-3-4-8-19(18)25(20)13-5-6-14-27-17-11-9-16(22)10-12-17/h3-4,7-12H,2,5-6,13-15H2,1H3,(H,23,26). The molecule has 1 heterocycles. The number of nitrogens with zero attached hydrogens (tertiary/aromatic N) is 2. The zero-order valence-electron chi connectivity index (χ0n) is 15.5. The number of fused-ring (bicyclic) bond motifs is 1. The lowest BCUT2D eigenvalue weighted by atomic mass is 10.3. The fourth-order valence-corrected chi connectivity index (χ4v) is 3.03. The summed E-state index contributed by atoms with van der Waals surface area (Å²) in [5, 5.41) is 3.63. The molecule has 0 fully saturated rings. The molecule has 27 heavy (non-hydrogen) atoms. The molecular weight excluding hydrogens is 362 g/mol. The summed E-state index contributed by atoms with van der Waals surface area (Å²) in [6.07, 6.45) is 2.36. The van der Waals surface area contributed by atoms with Crippen LogP contribution in [-0.2, 0) is 17.9 Å². The molecule has 0 unspecified atom stereocenters. The Bertz CT molecular complexity index is 890. The number of unbranched alkanes of at least 4 members (excludes halogenated alkanes) is 1. The fourth-order valence-electron chi connectivity index (χ4n) is 2.91. The van der Waals surface area contributed by atoms with Gasteiger partial charge in [-0.15, -0.1) is 0 Å². The van der Waals surface area contributed by atoms with Crippen molar-refractivity contribution in [3.05, 3.63) is 59.4 Å². The molecule has 1 N–H and O–H groups in total. The molecule has 6 heteroatoms. The Morgan fingerprint density at radius 3 is 2.70 bits per heavy atom. The highest BCUT2D eigenvalue weighted by atomic mass is 35.5. The molecule has 0 aliphatic heterocycles. The predicted octanol–water partition coefficient (Wildman–Crippen LogP) is 4.58. The van der Waals surface area contributed by atoms with Crippen LogP contribution in [0.15, 0.2) is 48.5 Å². The van der Waals surface area contributed by atoms with Crippen molar-refractivity contribution in [3.63, 3.8) is 0 Å². The summed E-state index contributed by atoms with van der Waals surface area (Å²) in [4.78, 5) is 16.3. The zero-order valence-corrected chi connectivity index (χ0v) is 16.2.